The molecule has 2 aromatic rings. The number of thiazole rings is 1. The summed E-state index contributed by atoms with van der Waals surface area (Å²) in [4.78, 5) is 7.19. The zero-order valence-electron chi connectivity index (χ0n) is 12.4. The first-order valence-corrected chi connectivity index (χ1v) is 9.36. The SMILES string of the molecule is CN(Cc1csc(-c2ccsc2)n1)C1CCC(CO)CC1. The van der Waals surface area contributed by atoms with E-state index in [0.29, 0.717) is 18.6 Å². The van der Waals surface area contributed by atoms with E-state index in [0.717, 1.165) is 24.4 Å². The molecular weight excluding hydrogens is 300 g/mol. The first kappa shape index (κ1) is 15.2. The smallest absolute Gasteiger partial charge is 0.124 e. The summed E-state index contributed by atoms with van der Waals surface area (Å²) < 4.78 is 0. The van der Waals surface area contributed by atoms with E-state index < -0.39 is 0 Å². The van der Waals surface area contributed by atoms with Crippen molar-refractivity contribution >= 4 is 22.7 Å². The van der Waals surface area contributed by atoms with Crippen LogP contribution in [0.5, 0.6) is 0 Å². The van der Waals surface area contributed by atoms with Crippen molar-refractivity contribution < 1.29 is 5.11 Å². The Balaban J connectivity index is 1.57. The zero-order chi connectivity index (χ0) is 14.7. The van der Waals surface area contributed by atoms with E-state index in [4.69, 9.17) is 4.98 Å². The quantitative estimate of drug-likeness (QED) is 0.908. The molecule has 0 spiro atoms. The molecule has 0 bridgehead atoms. The highest BCUT2D eigenvalue weighted by Gasteiger charge is 2.23. The van der Waals surface area contributed by atoms with Crippen LogP contribution in [0.4, 0.5) is 0 Å². The monoisotopic (exact) mass is 322 g/mol. The summed E-state index contributed by atoms with van der Waals surface area (Å²) in [5.41, 5.74) is 2.41. The Bertz CT molecular complexity index is 544. The minimum atomic E-state index is 0.354. The summed E-state index contributed by atoms with van der Waals surface area (Å²) in [6.45, 7) is 1.28. The molecule has 1 fully saturated rings. The number of nitrogens with zero attached hydrogens (tertiary/aromatic N) is 2. The molecule has 0 aromatic carbocycles. The molecular formula is C16H22N2OS2. The van der Waals surface area contributed by atoms with Gasteiger partial charge in [0, 0.05) is 35.5 Å². The predicted octanol–water partition coefficient (Wildman–Crippen LogP) is 3.85. The molecule has 3 nitrogen and oxygen atoms in total. The van der Waals surface area contributed by atoms with Crippen LogP contribution >= 0.6 is 22.7 Å². The summed E-state index contributed by atoms with van der Waals surface area (Å²) in [5.74, 6) is 0.527. The van der Waals surface area contributed by atoms with Crippen LogP contribution in [-0.4, -0.2) is 34.7 Å². The summed E-state index contributed by atoms with van der Waals surface area (Å²) in [5, 5.41) is 16.8. The minimum absolute atomic E-state index is 0.354. The van der Waals surface area contributed by atoms with Gasteiger partial charge in [-0.05, 0) is 50.1 Å². The Kier molecular flexibility index (Phi) is 5.06. The van der Waals surface area contributed by atoms with Gasteiger partial charge in [-0.15, -0.1) is 11.3 Å². The molecule has 0 unspecified atom stereocenters. The first-order chi connectivity index (χ1) is 10.3. The molecule has 0 radical (unpaired) electrons. The third-order valence-corrected chi connectivity index (χ3v) is 6.05. The maximum atomic E-state index is 9.22. The second kappa shape index (κ2) is 7.01. The molecule has 114 valence electrons. The molecule has 0 amide bonds. The van der Waals surface area contributed by atoms with Gasteiger partial charge in [0.25, 0.3) is 0 Å². The van der Waals surface area contributed by atoms with Crippen molar-refractivity contribution in [2.75, 3.05) is 13.7 Å². The van der Waals surface area contributed by atoms with Crippen LogP contribution in [-0.2, 0) is 6.54 Å². The Morgan fingerprint density at radius 2 is 2.10 bits per heavy atom. The van der Waals surface area contributed by atoms with E-state index in [-0.39, 0.29) is 0 Å². The van der Waals surface area contributed by atoms with Crippen molar-refractivity contribution in [1.29, 1.82) is 0 Å². The number of aliphatic hydroxyl groups excluding tert-OH is 1. The van der Waals surface area contributed by atoms with E-state index >= 15 is 0 Å². The lowest BCUT2D eigenvalue weighted by Gasteiger charge is -2.33. The van der Waals surface area contributed by atoms with Crippen LogP contribution in [0.15, 0.2) is 22.2 Å². The van der Waals surface area contributed by atoms with Crippen molar-refractivity contribution in [2.24, 2.45) is 5.92 Å². The van der Waals surface area contributed by atoms with Crippen molar-refractivity contribution in [3.63, 3.8) is 0 Å². The summed E-state index contributed by atoms with van der Waals surface area (Å²) in [7, 11) is 2.20. The van der Waals surface area contributed by atoms with Crippen molar-refractivity contribution in [3.8, 4) is 10.6 Å². The average Bonchev–Trinajstić information content (AvgIpc) is 3.18. The molecule has 1 N–H and O–H groups in total. The van der Waals surface area contributed by atoms with Gasteiger partial charge in [-0.25, -0.2) is 4.98 Å². The standard InChI is InChI=1S/C16H22N2OS2/c1-18(15-4-2-12(9-19)3-5-15)8-14-11-21-16(17-14)13-6-7-20-10-13/h6-7,10-12,15,19H,2-5,8-9H2,1H3. The molecule has 1 aliphatic rings. The number of hydrogen-bond donors (Lipinski definition) is 1. The molecule has 1 aliphatic carbocycles. The molecule has 3 rings (SSSR count). The van der Waals surface area contributed by atoms with E-state index in [1.165, 1.54) is 24.1 Å². The van der Waals surface area contributed by atoms with Crippen LogP contribution in [0, 0.1) is 5.92 Å². The lowest BCUT2D eigenvalue weighted by atomic mass is 9.86. The van der Waals surface area contributed by atoms with Gasteiger partial charge in [-0.1, -0.05) is 0 Å². The first-order valence-electron chi connectivity index (χ1n) is 7.54. The fraction of sp³-hybridized carbons (Fsp3) is 0.562. The third kappa shape index (κ3) is 3.72. The number of aromatic nitrogens is 1. The topological polar surface area (TPSA) is 36.4 Å². The molecule has 21 heavy (non-hydrogen) atoms. The lowest BCUT2D eigenvalue weighted by molar-refractivity contribution is 0.123. The van der Waals surface area contributed by atoms with E-state index in [1.54, 1.807) is 22.7 Å². The maximum Gasteiger partial charge on any atom is 0.124 e. The molecule has 0 aliphatic heterocycles. The highest BCUT2D eigenvalue weighted by molar-refractivity contribution is 7.14. The van der Waals surface area contributed by atoms with Gasteiger partial charge in [0.1, 0.15) is 5.01 Å². The number of thiophene rings is 1. The van der Waals surface area contributed by atoms with Gasteiger partial charge in [0.2, 0.25) is 0 Å². The summed E-state index contributed by atoms with van der Waals surface area (Å²) >= 11 is 3.45. The van der Waals surface area contributed by atoms with Crippen LogP contribution in [0.1, 0.15) is 31.4 Å². The highest BCUT2D eigenvalue weighted by atomic mass is 32.1. The highest BCUT2D eigenvalue weighted by Crippen LogP contribution is 2.29. The third-order valence-electron chi connectivity index (χ3n) is 4.43. The van der Waals surface area contributed by atoms with Gasteiger partial charge in [-0.2, -0.15) is 11.3 Å². The van der Waals surface area contributed by atoms with Gasteiger partial charge >= 0.3 is 0 Å². The van der Waals surface area contributed by atoms with Crippen LogP contribution in [0.2, 0.25) is 0 Å². The Labute approximate surface area is 134 Å². The Morgan fingerprint density at radius 1 is 1.29 bits per heavy atom. The van der Waals surface area contributed by atoms with Crippen molar-refractivity contribution in [3.05, 3.63) is 27.9 Å². The van der Waals surface area contributed by atoms with E-state index in [2.05, 4.69) is 34.2 Å². The predicted molar refractivity (Wildman–Crippen MR) is 89.7 cm³/mol. The number of rotatable bonds is 5. The molecule has 5 heteroatoms. The second-order valence-electron chi connectivity index (χ2n) is 5.93. The van der Waals surface area contributed by atoms with Crippen LogP contribution in [0.25, 0.3) is 10.6 Å². The minimum Gasteiger partial charge on any atom is -0.396 e. The zero-order valence-corrected chi connectivity index (χ0v) is 14.0. The van der Waals surface area contributed by atoms with Crippen molar-refractivity contribution in [2.45, 2.75) is 38.3 Å². The number of aliphatic hydroxyl groups is 1. The van der Waals surface area contributed by atoms with Gasteiger partial charge in [0.05, 0.1) is 5.69 Å². The Hall–Kier alpha value is -0.750. The van der Waals surface area contributed by atoms with Gasteiger partial charge in [-0.3, -0.25) is 4.90 Å². The summed E-state index contributed by atoms with van der Waals surface area (Å²) in [6.07, 6.45) is 4.71. The van der Waals surface area contributed by atoms with Crippen LogP contribution in [0.3, 0.4) is 0 Å². The molecule has 0 saturated heterocycles. The molecule has 2 heterocycles. The maximum absolute atomic E-state index is 9.22. The molecule has 1 saturated carbocycles. The normalized spacial score (nSPS) is 22.8. The fourth-order valence-electron chi connectivity index (χ4n) is 3.05. The average molecular weight is 322 g/mol. The van der Waals surface area contributed by atoms with E-state index in [9.17, 15) is 5.11 Å². The van der Waals surface area contributed by atoms with Crippen LogP contribution < -0.4 is 0 Å². The lowest BCUT2D eigenvalue weighted by Crippen LogP contribution is -2.35. The van der Waals surface area contributed by atoms with E-state index in [1.807, 2.05) is 0 Å². The Morgan fingerprint density at radius 3 is 2.76 bits per heavy atom. The largest absolute Gasteiger partial charge is 0.396 e. The van der Waals surface area contributed by atoms with Gasteiger partial charge in [0.15, 0.2) is 0 Å². The number of hydrogen-bond acceptors (Lipinski definition) is 5. The van der Waals surface area contributed by atoms with Gasteiger partial charge < -0.3 is 5.11 Å². The second-order valence-corrected chi connectivity index (χ2v) is 7.57. The van der Waals surface area contributed by atoms with Crippen molar-refractivity contribution in [1.82, 2.24) is 9.88 Å². The molecule has 0 atom stereocenters. The summed E-state index contributed by atoms with van der Waals surface area (Å²) in [6, 6.07) is 2.77. The molecule has 2 aromatic heterocycles. The fourth-order valence-corrected chi connectivity index (χ4v) is 4.57.